The van der Waals surface area contributed by atoms with Crippen LogP contribution >= 0.6 is 0 Å². The largest absolute Gasteiger partial charge is 0.459 e. The van der Waals surface area contributed by atoms with Crippen LogP contribution in [0.15, 0.2) is 0 Å². The van der Waals surface area contributed by atoms with Gasteiger partial charge in [0, 0.05) is 13.0 Å². The Morgan fingerprint density at radius 1 is 1.43 bits per heavy atom. The molecule has 1 amide bonds. The molecule has 1 saturated carbocycles. The summed E-state index contributed by atoms with van der Waals surface area (Å²) in [7, 11) is 0. The summed E-state index contributed by atoms with van der Waals surface area (Å²) >= 11 is 0. The van der Waals surface area contributed by atoms with E-state index in [1.54, 1.807) is 0 Å². The van der Waals surface area contributed by atoms with Crippen molar-refractivity contribution in [2.75, 3.05) is 6.54 Å². The van der Waals surface area contributed by atoms with Crippen molar-refractivity contribution in [3.05, 3.63) is 0 Å². The van der Waals surface area contributed by atoms with Crippen LogP contribution in [0, 0.1) is 17.8 Å². The van der Waals surface area contributed by atoms with Crippen LogP contribution in [0.2, 0.25) is 0 Å². The van der Waals surface area contributed by atoms with Crippen molar-refractivity contribution in [2.45, 2.75) is 64.6 Å². The molecule has 0 unspecified atom stereocenters. The minimum Gasteiger partial charge on any atom is -0.459 e. The SMILES string of the molecule is CC(C)[C@H]1CC[C@H](C)C[C@@H]1OC(=O)[C@]1(F)CCCNC1=O. The van der Waals surface area contributed by atoms with E-state index < -0.39 is 17.5 Å². The summed E-state index contributed by atoms with van der Waals surface area (Å²) in [6.45, 7) is 6.74. The quantitative estimate of drug-likeness (QED) is 0.644. The Hall–Kier alpha value is -1.13. The number of esters is 1. The van der Waals surface area contributed by atoms with E-state index in [2.05, 4.69) is 26.1 Å². The van der Waals surface area contributed by atoms with Crippen molar-refractivity contribution in [1.82, 2.24) is 5.32 Å². The van der Waals surface area contributed by atoms with Gasteiger partial charge in [0.1, 0.15) is 6.10 Å². The Bertz CT molecular complexity index is 412. The third-order valence-electron chi connectivity index (χ3n) is 4.89. The van der Waals surface area contributed by atoms with Gasteiger partial charge in [0.15, 0.2) is 0 Å². The second kappa shape index (κ2) is 6.32. The van der Waals surface area contributed by atoms with Gasteiger partial charge in [-0.2, -0.15) is 0 Å². The van der Waals surface area contributed by atoms with Crippen molar-refractivity contribution in [3.63, 3.8) is 0 Å². The second-order valence-electron chi connectivity index (χ2n) is 6.93. The summed E-state index contributed by atoms with van der Waals surface area (Å²) in [5, 5.41) is 2.42. The second-order valence-corrected chi connectivity index (χ2v) is 6.93. The number of ether oxygens (including phenoxy) is 1. The first-order valence-corrected chi connectivity index (χ1v) is 8.03. The summed E-state index contributed by atoms with van der Waals surface area (Å²) in [4.78, 5) is 23.9. The van der Waals surface area contributed by atoms with Crippen molar-refractivity contribution in [3.8, 4) is 0 Å². The summed E-state index contributed by atoms with van der Waals surface area (Å²) in [6.07, 6.45) is 2.97. The molecule has 5 heteroatoms. The number of alkyl halides is 1. The number of amides is 1. The first-order chi connectivity index (χ1) is 9.84. The molecular weight excluding hydrogens is 273 g/mol. The van der Waals surface area contributed by atoms with Gasteiger partial charge < -0.3 is 10.1 Å². The van der Waals surface area contributed by atoms with Crippen molar-refractivity contribution >= 4 is 11.9 Å². The highest BCUT2D eigenvalue weighted by molar-refractivity contribution is 6.06. The van der Waals surface area contributed by atoms with E-state index in [4.69, 9.17) is 4.74 Å². The molecule has 1 saturated heterocycles. The number of nitrogens with one attached hydrogen (secondary N) is 1. The molecule has 0 spiro atoms. The van der Waals surface area contributed by atoms with E-state index in [-0.39, 0.29) is 18.4 Å². The van der Waals surface area contributed by atoms with Gasteiger partial charge in [-0.05, 0) is 37.0 Å². The lowest BCUT2D eigenvalue weighted by atomic mass is 9.75. The van der Waals surface area contributed by atoms with E-state index in [9.17, 15) is 14.0 Å². The molecule has 0 aromatic rings. The third kappa shape index (κ3) is 3.38. The fourth-order valence-electron chi connectivity index (χ4n) is 3.46. The molecule has 0 aromatic carbocycles. The minimum atomic E-state index is -2.50. The number of piperidine rings is 1. The lowest BCUT2D eigenvalue weighted by Gasteiger charge is -2.38. The van der Waals surface area contributed by atoms with Gasteiger partial charge in [0.25, 0.3) is 11.6 Å². The predicted octanol–water partition coefficient (Wildman–Crippen LogP) is 2.61. The first kappa shape index (κ1) is 16.2. The number of carbonyl (C=O) groups excluding carboxylic acids is 2. The monoisotopic (exact) mass is 299 g/mol. The number of halogens is 1. The third-order valence-corrected chi connectivity index (χ3v) is 4.89. The summed E-state index contributed by atoms with van der Waals surface area (Å²) in [5.41, 5.74) is -2.50. The molecule has 1 N–H and O–H groups in total. The van der Waals surface area contributed by atoms with Crippen LogP contribution in [0.25, 0.3) is 0 Å². The fourth-order valence-corrected chi connectivity index (χ4v) is 3.46. The Labute approximate surface area is 125 Å². The molecule has 2 fully saturated rings. The molecule has 4 nitrogen and oxygen atoms in total. The van der Waals surface area contributed by atoms with Crippen LogP contribution in [0.4, 0.5) is 4.39 Å². The van der Waals surface area contributed by atoms with Gasteiger partial charge >= 0.3 is 5.97 Å². The van der Waals surface area contributed by atoms with E-state index in [0.717, 1.165) is 19.3 Å². The van der Waals surface area contributed by atoms with Crippen LogP contribution in [0.3, 0.4) is 0 Å². The molecule has 21 heavy (non-hydrogen) atoms. The van der Waals surface area contributed by atoms with Gasteiger partial charge in [-0.15, -0.1) is 0 Å². The Morgan fingerprint density at radius 2 is 2.14 bits per heavy atom. The zero-order valence-corrected chi connectivity index (χ0v) is 13.2. The molecular formula is C16H26FNO3. The smallest absolute Gasteiger partial charge is 0.354 e. The van der Waals surface area contributed by atoms with Gasteiger partial charge in [0.2, 0.25) is 0 Å². The van der Waals surface area contributed by atoms with Gasteiger partial charge in [-0.3, -0.25) is 4.79 Å². The average Bonchev–Trinajstić information content (AvgIpc) is 2.42. The predicted molar refractivity (Wildman–Crippen MR) is 77.3 cm³/mol. The van der Waals surface area contributed by atoms with E-state index >= 15 is 0 Å². The molecule has 2 aliphatic rings. The summed E-state index contributed by atoms with van der Waals surface area (Å²) in [6, 6.07) is 0. The fraction of sp³-hybridized carbons (Fsp3) is 0.875. The maximum atomic E-state index is 14.7. The topological polar surface area (TPSA) is 55.4 Å². The van der Waals surface area contributed by atoms with E-state index in [0.29, 0.717) is 24.8 Å². The summed E-state index contributed by atoms with van der Waals surface area (Å²) < 4.78 is 20.1. The Kier molecular flexibility index (Phi) is 4.89. The molecule has 4 atom stereocenters. The zero-order chi connectivity index (χ0) is 15.6. The Balaban J connectivity index is 2.07. The average molecular weight is 299 g/mol. The molecule has 2 rings (SSSR count). The van der Waals surface area contributed by atoms with Crippen molar-refractivity contribution in [1.29, 1.82) is 0 Å². The minimum absolute atomic E-state index is 0.0771. The lowest BCUT2D eigenvalue weighted by molar-refractivity contribution is -0.175. The highest BCUT2D eigenvalue weighted by Gasteiger charge is 2.51. The van der Waals surface area contributed by atoms with Crippen LogP contribution in [-0.4, -0.2) is 30.2 Å². The van der Waals surface area contributed by atoms with Crippen LogP contribution in [0.1, 0.15) is 52.9 Å². The molecule has 1 heterocycles. The van der Waals surface area contributed by atoms with Gasteiger partial charge in [0.05, 0.1) is 0 Å². The molecule has 0 radical (unpaired) electrons. The molecule has 120 valence electrons. The van der Waals surface area contributed by atoms with E-state index in [1.165, 1.54) is 0 Å². The number of hydrogen-bond donors (Lipinski definition) is 1. The molecule has 0 bridgehead atoms. The molecule has 1 aliphatic carbocycles. The maximum absolute atomic E-state index is 14.7. The van der Waals surface area contributed by atoms with Gasteiger partial charge in [-0.1, -0.05) is 27.2 Å². The number of rotatable bonds is 3. The first-order valence-electron chi connectivity index (χ1n) is 8.03. The van der Waals surface area contributed by atoms with Crippen molar-refractivity contribution in [2.24, 2.45) is 17.8 Å². The van der Waals surface area contributed by atoms with Crippen LogP contribution < -0.4 is 5.32 Å². The molecule has 0 aromatic heterocycles. The normalized spacial score (nSPS) is 37.2. The Morgan fingerprint density at radius 3 is 2.76 bits per heavy atom. The van der Waals surface area contributed by atoms with Crippen molar-refractivity contribution < 1.29 is 18.7 Å². The number of carbonyl (C=O) groups is 2. The number of hydrogen-bond acceptors (Lipinski definition) is 3. The van der Waals surface area contributed by atoms with Crippen LogP contribution in [-0.2, 0) is 14.3 Å². The van der Waals surface area contributed by atoms with Crippen LogP contribution in [0.5, 0.6) is 0 Å². The maximum Gasteiger partial charge on any atom is 0.354 e. The van der Waals surface area contributed by atoms with E-state index in [1.807, 2.05) is 0 Å². The van der Waals surface area contributed by atoms with Gasteiger partial charge in [-0.25, -0.2) is 9.18 Å². The standard InChI is InChI=1S/C16H26FNO3/c1-10(2)12-6-5-11(3)9-13(12)21-15(20)16(17)7-4-8-18-14(16)19/h10-13H,4-9H2,1-3H3,(H,18,19)/t11-,12+,13-,16-/m0/s1. The highest BCUT2D eigenvalue weighted by atomic mass is 19.1. The molecule has 1 aliphatic heterocycles. The summed E-state index contributed by atoms with van der Waals surface area (Å²) in [5.74, 6) is -0.742. The lowest BCUT2D eigenvalue weighted by Crippen LogP contribution is -2.55. The highest BCUT2D eigenvalue weighted by Crippen LogP contribution is 2.36. The zero-order valence-electron chi connectivity index (χ0n) is 13.2.